The van der Waals surface area contributed by atoms with Crippen LogP contribution in [0, 0.1) is 6.92 Å². The second kappa shape index (κ2) is 13.3. The van der Waals surface area contributed by atoms with E-state index in [0.717, 1.165) is 34.5 Å². The summed E-state index contributed by atoms with van der Waals surface area (Å²) in [6, 6.07) is 24.7. The molecule has 1 saturated carbocycles. The van der Waals surface area contributed by atoms with Gasteiger partial charge in [0, 0.05) is 17.2 Å². The fourth-order valence-electron chi connectivity index (χ4n) is 6.48. The third-order valence-electron chi connectivity index (χ3n) is 9.28. The minimum atomic E-state index is -3.28. The molecule has 7 rings (SSSR count). The number of carbonyl (C=O) groups excluding carboxylic acids is 1. The van der Waals surface area contributed by atoms with E-state index in [2.05, 4.69) is 25.5 Å². The highest BCUT2D eigenvalue weighted by Gasteiger charge is 2.52. The quantitative estimate of drug-likeness (QED) is 0.146. The van der Waals surface area contributed by atoms with Crippen LogP contribution in [0.5, 0.6) is 0 Å². The van der Waals surface area contributed by atoms with E-state index in [1.807, 2.05) is 101 Å². The topological polar surface area (TPSA) is 107 Å². The Labute approximate surface area is 289 Å². The molecule has 1 aliphatic rings. The number of aromatic nitrogens is 5. The first kappa shape index (κ1) is 33.4. The number of alkyl halides is 2. The minimum absolute atomic E-state index is 0.0267. The van der Waals surface area contributed by atoms with Crippen molar-refractivity contribution in [1.29, 1.82) is 0 Å². The predicted octanol–water partition coefficient (Wildman–Crippen LogP) is 6.97. The van der Waals surface area contributed by atoms with Crippen LogP contribution in [0.25, 0.3) is 16.9 Å². The van der Waals surface area contributed by atoms with Crippen LogP contribution in [-0.4, -0.2) is 51.5 Å². The van der Waals surface area contributed by atoms with Crippen LogP contribution in [0.4, 0.5) is 14.5 Å². The molecule has 1 N–H and O–H groups in total. The van der Waals surface area contributed by atoms with Gasteiger partial charge in [0.2, 0.25) is 11.7 Å². The van der Waals surface area contributed by atoms with Crippen molar-refractivity contribution >= 4 is 35.8 Å². The highest BCUT2D eigenvalue weighted by Crippen LogP contribution is 2.40. The summed E-state index contributed by atoms with van der Waals surface area (Å²) in [4.78, 5) is 22.4. The van der Waals surface area contributed by atoms with Crippen molar-refractivity contribution in [3.05, 3.63) is 120 Å². The van der Waals surface area contributed by atoms with Crippen molar-refractivity contribution in [2.45, 2.75) is 70.4 Å². The Morgan fingerprint density at radius 2 is 1.70 bits per heavy atom. The Morgan fingerprint density at radius 1 is 1.02 bits per heavy atom. The van der Waals surface area contributed by atoms with Crippen molar-refractivity contribution in [2.24, 2.45) is 0 Å². The zero-order valence-electron chi connectivity index (χ0n) is 28.3. The monoisotopic (exact) mass is 692 g/mol. The van der Waals surface area contributed by atoms with Gasteiger partial charge >= 0.3 is 0 Å². The predicted molar refractivity (Wildman–Crippen MR) is 190 cm³/mol. The number of aryl methyl sites for hydroxylation is 1. The molecule has 1 aliphatic carbocycles. The zero-order chi connectivity index (χ0) is 35.0. The second-order valence-corrected chi connectivity index (χ2v) is 18.1. The molecule has 50 heavy (non-hydrogen) atoms. The van der Waals surface area contributed by atoms with Crippen molar-refractivity contribution < 1.29 is 22.5 Å². The fourth-order valence-corrected chi connectivity index (χ4v) is 11.1. The molecule has 0 spiro atoms. The molecule has 1 fully saturated rings. The van der Waals surface area contributed by atoms with Gasteiger partial charge in [-0.2, -0.15) is 10.1 Å². The second-order valence-electron chi connectivity index (χ2n) is 13.8. The molecule has 0 aliphatic heterocycles. The highest BCUT2D eigenvalue weighted by molar-refractivity contribution is 6.99. The van der Waals surface area contributed by atoms with Gasteiger partial charge in [-0.3, -0.25) is 9.78 Å². The SMILES string of the molecule is Cc1ccc(-c2noc(C[C@@H](O[Si](c3ccccc3)(c3ccccc3)C(C)(C)C)C(F)F)n2)cc1NC(=O)c1cnn2cc(C3CC3)ncc12. The average Bonchev–Trinajstić information content (AvgIpc) is 3.70. The number of nitrogens with one attached hydrogen (secondary N) is 1. The summed E-state index contributed by atoms with van der Waals surface area (Å²) in [5.41, 5.74) is 3.89. The van der Waals surface area contributed by atoms with Crippen LogP contribution in [0.3, 0.4) is 0 Å². The van der Waals surface area contributed by atoms with Gasteiger partial charge in [-0.1, -0.05) is 98.7 Å². The van der Waals surface area contributed by atoms with Crippen LogP contribution in [-0.2, 0) is 10.8 Å². The molecule has 0 unspecified atom stereocenters. The fraction of sp³-hybridized carbons (Fsp3) is 0.289. The number of halogens is 2. The summed E-state index contributed by atoms with van der Waals surface area (Å²) >= 11 is 0. The highest BCUT2D eigenvalue weighted by atomic mass is 28.4. The van der Waals surface area contributed by atoms with E-state index >= 15 is 0 Å². The van der Waals surface area contributed by atoms with E-state index in [1.165, 1.54) is 6.20 Å². The van der Waals surface area contributed by atoms with Crippen molar-refractivity contribution in [3.8, 4) is 11.4 Å². The molecule has 9 nitrogen and oxygen atoms in total. The summed E-state index contributed by atoms with van der Waals surface area (Å²) in [6.45, 7) is 7.99. The molecule has 12 heteroatoms. The van der Waals surface area contributed by atoms with Crippen molar-refractivity contribution in [1.82, 2.24) is 24.7 Å². The number of hydrogen-bond donors (Lipinski definition) is 1. The summed E-state index contributed by atoms with van der Waals surface area (Å²) < 4.78 is 43.8. The number of benzene rings is 3. The maximum atomic E-state index is 14.9. The molecule has 6 aromatic rings. The molecular weight excluding hydrogens is 655 g/mol. The molecule has 0 bridgehead atoms. The first-order valence-electron chi connectivity index (χ1n) is 16.7. The van der Waals surface area contributed by atoms with E-state index < -0.39 is 25.9 Å². The molecule has 3 aromatic heterocycles. The number of carbonyl (C=O) groups is 1. The smallest absolute Gasteiger partial charge is 0.263 e. The lowest BCUT2D eigenvalue weighted by atomic mass is 10.1. The maximum absolute atomic E-state index is 14.9. The molecule has 0 radical (unpaired) electrons. The van der Waals surface area contributed by atoms with Gasteiger partial charge < -0.3 is 14.3 Å². The van der Waals surface area contributed by atoms with E-state index in [9.17, 15) is 13.6 Å². The molecule has 3 heterocycles. The molecular formula is C38H38F2N6O3Si. The lowest BCUT2D eigenvalue weighted by Gasteiger charge is -2.44. The Morgan fingerprint density at radius 3 is 2.32 bits per heavy atom. The number of nitrogens with zero attached hydrogens (tertiary/aromatic N) is 5. The molecule has 1 amide bonds. The molecule has 256 valence electrons. The summed E-state index contributed by atoms with van der Waals surface area (Å²) in [5.74, 6) is 0.365. The van der Waals surface area contributed by atoms with Gasteiger partial charge in [0.05, 0.1) is 41.8 Å². The van der Waals surface area contributed by atoms with Crippen LogP contribution < -0.4 is 15.7 Å². The number of rotatable bonds is 11. The van der Waals surface area contributed by atoms with Gasteiger partial charge in [-0.25, -0.2) is 13.3 Å². The number of hydrogen-bond acceptors (Lipinski definition) is 7. The molecule has 1 atom stereocenters. The minimum Gasteiger partial charge on any atom is -0.398 e. The van der Waals surface area contributed by atoms with Gasteiger partial charge in [-0.05, 0) is 46.8 Å². The normalized spacial score (nSPS) is 14.3. The zero-order valence-corrected chi connectivity index (χ0v) is 29.3. The summed E-state index contributed by atoms with van der Waals surface area (Å²) in [7, 11) is -3.28. The van der Waals surface area contributed by atoms with Gasteiger partial charge in [0.15, 0.2) is 0 Å². The lowest BCUT2D eigenvalue weighted by Crippen LogP contribution is -2.68. The Balaban J connectivity index is 1.13. The Kier molecular flexibility index (Phi) is 8.91. The van der Waals surface area contributed by atoms with Crippen LogP contribution in [0.2, 0.25) is 5.04 Å². The third kappa shape index (κ3) is 6.48. The summed E-state index contributed by atoms with van der Waals surface area (Å²) in [6.07, 6.45) is 2.72. The van der Waals surface area contributed by atoms with Gasteiger partial charge in [0.1, 0.15) is 6.10 Å². The largest absolute Gasteiger partial charge is 0.398 e. The molecule has 0 saturated heterocycles. The van der Waals surface area contributed by atoms with E-state index in [4.69, 9.17) is 8.95 Å². The van der Waals surface area contributed by atoms with E-state index in [1.54, 1.807) is 22.8 Å². The van der Waals surface area contributed by atoms with Crippen molar-refractivity contribution in [2.75, 3.05) is 5.32 Å². The third-order valence-corrected chi connectivity index (χ3v) is 14.3. The van der Waals surface area contributed by atoms with Crippen molar-refractivity contribution in [3.63, 3.8) is 0 Å². The summed E-state index contributed by atoms with van der Waals surface area (Å²) in [5, 5.41) is 12.8. The standard InChI is InChI=1S/C38H38F2N6O3Si/c1-24-15-16-26(19-30(24)43-37(47)29-21-42-46-23-31(25-17-18-25)41-22-32(29)46)36-44-34(48-45-36)20-33(35(39)40)49-50(38(2,3)4,27-11-7-5-8-12-27)28-13-9-6-10-14-28/h5-16,19,21-23,25,33,35H,17-18,20H2,1-4H3,(H,43,47)/t33-/m1/s1. The Bertz CT molecular complexity index is 2090. The molecule has 3 aromatic carbocycles. The number of anilines is 1. The van der Waals surface area contributed by atoms with Crippen LogP contribution in [0.15, 0.2) is 102 Å². The van der Waals surface area contributed by atoms with E-state index in [-0.39, 0.29) is 24.0 Å². The Hall–Kier alpha value is -5.07. The number of fused-ring (bicyclic) bond motifs is 1. The first-order valence-corrected chi connectivity index (χ1v) is 18.6. The maximum Gasteiger partial charge on any atom is 0.263 e. The van der Waals surface area contributed by atoms with Gasteiger partial charge in [-0.15, -0.1) is 0 Å². The van der Waals surface area contributed by atoms with E-state index in [0.29, 0.717) is 28.2 Å². The van der Waals surface area contributed by atoms with Gasteiger partial charge in [0.25, 0.3) is 20.7 Å². The first-order chi connectivity index (χ1) is 24.0. The van der Waals surface area contributed by atoms with Crippen LogP contribution >= 0.6 is 0 Å². The number of amides is 1. The lowest BCUT2D eigenvalue weighted by molar-refractivity contribution is 0.00243. The average molecular weight is 693 g/mol. The van der Waals surface area contributed by atoms with Crippen LogP contribution in [0.1, 0.15) is 67.0 Å².